The second-order valence-corrected chi connectivity index (χ2v) is 11.1. The highest BCUT2D eigenvalue weighted by atomic mass is 28.3. The van der Waals surface area contributed by atoms with Crippen molar-refractivity contribution >= 4 is 8.07 Å². The van der Waals surface area contributed by atoms with Gasteiger partial charge in [0.05, 0.1) is 13.8 Å². The van der Waals surface area contributed by atoms with Gasteiger partial charge in [-0.2, -0.15) is 5.11 Å². The minimum atomic E-state index is -1.03. The molecule has 1 rings (SSSR count). The molecule has 0 amide bonds. The second kappa shape index (κ2) is 3.85. The summed E-state index contributed by atoms with van der Waals surface area (Å²) in [6, 6.07) is 0. The van der Waals surface area contributed by atoms with E-state index in [9.17, 15) is 0 Å². The lowest BCUT2D eigenvalue weighted by Crippen LogP contribution is -2.34. The first-order valence-electron chi connectivity index (χ1n) is 5.19. The minimum absolute atomic E-state index is 0.203. The Morgan fingerprint density at radius 2 is 2.07 bits per heavy atom. The average molecular weight is 211 g/mol. The highest BCUT2D eigenvalue weighted by molar-refractivity contribution is 6.76. The first-order chi connectivity index (χ1) is 6.37. The van der Waals surface area contributed by atoms with Crippen LogP contribution in [0.2, 0.25) is 19.6 Å². The van der Waals surface area contributed by atoms with Gasteiger partial charge in [0.2, 0.25) is 0 Å². The summed E-state index contributed by atoms with van der Waals surface area (Å²) < 4.78 is 0. The Morgan fingerprint density at radius 1 is 1.50 bits per heavy atom. The molecule has 0 spiro atoms. The molecule has 0 atom stereocenters. The molecule has 14 heavy (non-hydrogen) atoms. The second-order valence-electron chi connectivity index (χ2n) is 5.64. The van der Waals surface area contributed by atoms with Gasteiger partial charge >= 0.3 is 0 Å². The largest absolute Gasteiger partial charge is 0.392 e. The lowest BCUT2D eigenvalue weighted by atomic mass is 10.1. The molecule has 0 aliphatic heterocycles. The van der Waals surface area contributed by atoms with E-state index in [0.717, 1.165) is 11.9 Å². The summed E-state index contributed by atoms with van der Waals surface area (Å²) in [7, 11) is -1.03. The van der Waals surface area contributed by atoms with Gasteiger partial charge in [-0.3, -0.25) is 0 Å². The third-order valence-corrected chi connectivity index (χ3v) is 3.87. The highest BCUT2D eigenvalue weighted by Crippen LogP contribution is 2.51. The van der Waals surface area contributed by atoms with Gasteiger partial charge in [-0.1, -0.05) is 26.6 Å². The van der Waals surface area contributed by atoms with Crippen LogP contribution in [0.1, 0.15) is 19.8 Å². The molecule has 0 saturated heterocycles. The van der Waals surface area contributed by atoms with Gasteiger partial charge in [0.1, 0.15) is 0 Å². The topological polar surface area (TPSA) is 48.2 Å². The van der Waals surface area contributed by atoms with Crippen molar-refractivity contribution in [1.29, 1.82) is 5.53 Å². The van der Waals surface area contributed by atoms with Crippen molar-refractivity contribution in [3.05, 3.63) is 11.9 Å². The maximum atomic E-state index is 7.12. The van der Waals surface area contributed by atoms with Crippen LogP contribution >= 0.6 is 0 Å². The molecule has 1 saturated carbocycles. The average Bonchev–Trinajstić information content (AvgIpc) is 2.76. The van der Waals surface area contributed by atoms with E-state index < -0.39 is 8.07 Å². The van der Waals surface area contributed by atoms with Crippen molar-refractivity contribution in [2.45, 2.75) is 39.4 Å². The fraction of sp³-hybridized carbons (Fsp3) is 0.800. The van der Waals surface area contributed by atoms with Gasteiger partial charge < -0.3 is 5.32 Å². The summed E-state index contributed by atoms with van der Waals surface area (Å²) in [4.78, 5) is 0. The summed E-state index contributed by atoms with van der Waals surface area (Å²) >= 11 is 0. The summed E-state index contributed by atoms with van der Waals surface area (Å²) in [5, 5.41) is 6.91. The summed E-state index contributed by atoms with van der Waals surface area (Å²) in [6.07, 6.45) is 5.35. The molecule has 0 aromatic heterocycles. The van der Waals surface area contributed by atoms with E-state index in [2.05, 4.69) is 37.0 Å². The third kappa shape index (κ3) is 3.25. The Balaban J connectivity index is 2.46. The van der Waals surface area contributed by atoms with Crippen molar-refractivity contribution in [3.63, 3.8) is 0 Å². The van der Waals surface area contributed by atoms with Gasteiger partial charge in [0.15, 0.2) is 0 Å². The summed E-state index contributed by atoms with van der Waals surface area (Å²) in [5.74, 6) is 0. The van der Waals surface area contributed by atoms with Crippen LogP contribution in [0.15, 0.2) is 17.0 Å². The quantitative estimate of drug-likeness (QED) is 0.533. The van der Waals surface area contributed by atoms with Crippen LogP contribution in [0, 0.1) is 10.9 Å². The molecule has 0 aromatic rings. The normalized spacial score (nSPS) is 20.4. The Morgan fingerprint density at radius 3 is 2.43 bits per heavy atom. The number of allylic oxidation sites excluding steroid dienone is 1. The standard InChI is InChI=1S/C10H21N3Si/c1-10(5-6-10)9(13-11)7-12-8-14(2,3)4/h7,11-12H,5-6,8H2,1-4H3/b9-7-,13-11?. The van der Waals surface area contributed by atoms with Crippen molar-refractivity contribution in [2.75, 3.05) is 6.17 Å². The number of rotatable bonds is 5. The molecule has 2 N–H and O–H groups in total. The van der Waals surface area contributed by atoms with Crippen molar-refractivity contribution in [1.82, 2.24) is 5.32 Å². The van der Waals surface area contributed by atoms with Gasteiger partial charge in [0, 0.05) is 17.8 Å². The van der Waals surface area contributed by atoms with E-state index in [0.29, 0.717) is 0 Å². The molecule has 0 aromatic carbocycles. The summed E-state index contributed by atoms with van der Waals surface area (Å²) in [5.41, 5.74) is 8.23. The third-order valence-electron chi connectivity index (χ3n) is 2.61. The van der Waals surface area contributed by atoms with E-state index in [4.69, 9.17) is 5.53 Å². The fourth-order valence-corrected chi connectivity index (χ4v) is 1.95. The molecule has 0 bridgehead atoms. The van der Waals surface area contributed by atoms with Gasteiger partial charge in [-0.15, -0.1) is 0 Å². The van der Waals surface area contributed by atoms with Crippen molar-refractivity contribution in [2.24, 2.45) is 10.5 Å². The predicted octanol–water partition coefficient (Wildman–Crippen LogP) is 3.13. The zero-order chi connectivity index (χ0) is 10.8. The fourth-order valence-electron chi connectivity index (χ4n) is 1.24. The molecule has 0 unspecified atom stereocenters. The molecule has 4 heteroatoms. The predicted molar refractivity (Wildman–Crippen MR) is 61.9 cm³/mol. The van der Waals surface area contributed by atoms with E-state index in [1.54, 1.807) is 0 Å². The van der Waals surface area contributed by atoms with Crippen LogP contribution in [-0.2, 0) is 0 Å². The first kappa shape index (κ1) is 11.4. The first-order valence-corrected chi connectivity index (χ1v) is 8.90. The number of hydrogen-bond acceptors (Lipinski definition) is 3. The molecule has 3 nitrogen and oxygen atoms in total. The molecule has 1 aliphatic carbocycles. The molecule has 1 fully saturated rings. The van der Waals surface area contributed by atoms with E-state index in [1.807, 2.05) is 6.20 Å². The number of nitrogens with one attached hydrogen (secondary N) is 2. The van der Waals surface area contributed by atoms with Crippen LogP contribution in [0.3, 0.4) is 0 Å². The van der Waals surface area contributed by atoms with Crippen LogP contribution in [0.5, 0.6) is 0 Å². The SMILES string of the molecule is CC1(/C(=C/NC[Si](C)(C)C)N=N)CC1. The van der Waals surface area contributed by atoms with Gasteiger partial charge in [-0.25, -0.2) is 5.53 Å². The molecule has 0 radical (unpaired) electrons. The van der Waals surface area contributed by atoms with Crippen LogP contribution < -0.4 is 5.32 Å². The molecular formula is C10H21N3Si. The lowest BCUT2D eigenvalue weighted by molar-refractivity contribution is 0.650. The van der Waals surface area contributed by atoms with Crippen LogP contribution in [0.25, 0.3) is 0 Å². The number of nitrogens with zero attached hydrogens (tertiary/aromatic N) is 1. The Labute approximate surface area is 87.5 Å². The Hall–Kier alpha value is -0.643. The zero-order valence-corrected chi connectivity index (χ0v) is 10.6. The number of hydrogen-bond donors (Lipinski definition) is 2. The van der Waals surface area contributed by atoms with E-state index in [-0.39, 0.29) is 5.41 Å². The zero-order valence-electron chi connectivity index (χ0n) is 9.65. The van der Waals surface area contributed by atoms with Gasteiger partial charge in [-0.05, 0) is 12.8 Å². The summed E-state index contributed by atoms with van der Waals surface area (Å²) in [6.45, 7) is 9.14. The molecule has 80 valence electrons. The maximum absolute atomic E-state index is 7.12. The van der Waals surface area contributed by atoms with E-state index in [1.165, 1.54) is 12.8 Å². The lowest BCUT2D eigenvalue weighted by Gasteiger charge is -2.16. The van der Waals surface area contributed by atoms with E-state index >= 15 is 0 Å². The van der Waals surface area contributed by atoms with Crippen molar-refractivity contribution in [3.8, 4) is 0 Å². The molecular weight excluding hydrogens is 190 g/mol. The van der Waals surface area contributed by atoms with Crippen molar-refractivity contribution < 1.29 is 0 Å². The van der Waals surface area contributed by atoms with Crippen LogP contribution in [0.4, 0.5) is 0 Å². The monoisotopic (exact) mass is 211 g/mol. The van der Waals surface area contributed by atoms with Gasteiger partial charge in [0.25, 0.3) is 0 Å². The van der Waals surface area contributed by atoms with Crippen LogP contribution in [-0.4, -0.2) is 14.2 Å². The Bertz CT molecular complexity index is 249. The maximum Gasteiger partial charge on any atom is 0.0838 e. The Kier molecular flexibility index (Phi) is 3.14. The smallest absolute Gasteiger partial charge is 0.0838 e. The molecule has 1 aliphatic rings. The highest BCUT2D eigenvalue weighted by Gasteiger charge is 2.41. The minimum Gasteiger partial charge on any atom is -0.392 e. The molecule has 0 heterocycles.